The normalized spacial score (nSPS) is 12.0. The SMILES string of the molecule is CCCNC(c1ccccc1)c1ncc(OC)nc1OC. The summed E-state index contributed by atoms with van der Waals surface area (Å²) in [5, 5.41) is 3.49. The summed E-state index contributed by atoms with van der Waals surface area (Å²) in [5.74, 6) is 0.921. The van der Waals surface area contributed by atoms with Crippen LogP contribution in [0.5, 0.6) is 11.8 Å². The molecule has 1 aromatic heterocycles. The van der Waals surface area contributed by atoms with E-state index in [-0.39, 0.29) is 6.04 Å². The van der Waals surface area contributed by atoms with Crippen molar-refractivity contribution in [3.8, 4) is 11.8 Å². The lowest BCUT2D eigenvalue weighted by molar-refractivity contribution is 0.352. The number of rotatable bonds is 7. The van der Waals surface area contributed by atoms with Crippen LogP contribution in [0, 0.1) is 0 Å². The van der Waals surface area contributed by atoms with Crippen molar-refractivity contribution < 1.29 is 9.47 Å². The average molecular weight is 287 g/mol. The number of aromatic nitrogens is 2. The molecule has 21 heavy (non-hydrogen) atoms. The van der Waals surface area contributed by atoms with Gasteiger partial charge in [-0.15, -0.1) is 0 Å². The van der Waals surface area contributed by atoms with Crippen molar-refractivity contribution in [2.75, 3.05) is 20.8 Å². The molecule has 1 heterocycles. The lowest BCUT2D eigenvalue weighted by atomic mass is 10.0. The monoisotopic (exact) mass is 287 g/mol. The van der Waals surface area contributed by atoms with Gasteiger partial charge in [-0.2, -0.15) is 4.98 Å². The largest absolute Gasteiger partial charge is 0.480 e. The first-order chi connectivity index (χ1) is 10.3. The Morgan fingerprint density at radius 2 is 1.90 bits per heavy atom. The van der Waals surface area contributed by atoms with Gasteiger partial charge in [0.25, 0.3) is 0 Å². The first-order valence-corrected chi connectivity index (χ1v) is 7.03. The predicted molar refractivity (Wildman–Crippen MR) is 81.7 cm³/mol. The van der Waals surface area contributed by atoms with Crippen LogP contribution >= 0.6 is 0 Å². The molecule has 0 aliphatic rings. The molecule has 1 unspecified atom stereocenters. The summed E-state index contributed by atoms with van der Waals surface area (Å²) in [4.78, 5) is 8.79. The van der Waals surface area contributed by atoms with Gasteiger partial charge in [0, 0.05) is 0 Å². The Bertz CT molecular complexity index is 561. The highest BCUT2D eigenvalue weighted by atomic mass is 16.5. The van der Waals surface area contributed by atoms with E-state index in [0.29, 0.717) is 11.8 Å². The van der Waals surface area contributed by atoms with E-state index >= 15 is 0 Å². The van der Waals surface area contributed by atoms with E-state index in [0.717, 1.165) is 24.2 Å². The minimum Gasteiger partial charge on any atom is -0.480 e. The molecular weight excluding hydrogens is 266 g/mol. The minimum atomic E-state index is -0.0560. The van der Waals surface area contributed by atoms with E-state index in [9.17, 15) is 0 Å². The summed E-state index contributed by atoms with van der Waals surface area (Å²) in [5.41, 5.74) is 1.89. The van der Waals surface area contributed by atoms with Crippen LogP contribution in [-0.2, 0) is 0 Å². The maximum absolute atomic E-state index is 5.38. The summed E-state index contributed by atoms with van der Waals surface area (Å²) in [6.45, 7) is 3.02. The Morgan fingerprint density at radius 3 is 2.52 bits per heavy atom. The van der Waals surface area contributed by atoms with E-state index in [1.165, 1.54) is 0 Å². The second kappa shape index (κ2) is 7.59. The Hall–Kier alpha value is -2.14. The predicted octanol–water partition coefficient (Wildman–Crippen LogP) is 2.58. The van der Waals surface area contributed by atoms with Gasteiger partial charge in [0.1, 0.15) is 5.69 Å². The maximum atomic E-state index is 5.38. The third-order valence-electron chi connectivity index (χ3n) is 3.15. The molecule has 0 fully saturated rings. The molecule has 5 heteroatoms. The van der Waals surface area contributed by atoms with Crippen molar-refractivity contribution in [2.24, 2.45) is 0 Å². The highest BCUT2D eigenvalue weighted by Crippen LogP contribution is 2.28. The number of nitrogens with zero attached hydrogens (tertiary/aromatic N) is 2. The van der Waals surface area contributed by atoms with Gasteiger partial charge in [-0.1, -0.05) is 37.3 Å². The molecule has 1 atom stereocenters. The summed E-state index contributed by atoms with van der Waals surface area (Å²) >= 11 is 0. The van der Waals surface area contributed by atoms with Crippen LogP contribution in [0.4, 0.5) is 0 Å². The zero-order valence-corrected chi connectivity index (χ0v) is 12.7. The second-order valence-corrected chi connectivity index (χ2v) is 4.60. The molecule has 5 nitrogen and oxygen atoms in total. The van der Waals surface area contributed by atoms with E-state index in [4.69, 9.17) is 9.47 Å². The summed E-state index contributed by atoms with van der Waals surface area (Å²) < 4.78 is 10.5. The van der Waals surface area contributed by atoms with Crippen LogP contribution in [0.15, 0.2) is 36.5 Å². The number of nitrogens with one attached hydrogen (secondary N) is 1. The first kappa shape index (κ1) is 15.3. The zero-order chi connectivity index (χ0) is 15.1. The molecule has 0 saturated heterocycles. The van der Waals surface area contributed by atoms with Crippen molar-refractivity contribution in [2.45, 2.75) is 19.4 Å². The summed E-state index contributed by atoms with van der Waals surface area (Å²) in [6.07, 6.45) is 2.65. The number of methoxy groups -OCH3 is 2. The molecule has 1 aromatic carbocycles. The minimum absolute atomic E-state index is 0.0560. The Kier molecular flexibility index (Phi) is 5.51. The maximum Gasteiger partial charge on any atom is 0.240 e. The summed E-state index contributed by atoms with van der Waals surface area (Å²) in [6, 6.07) is 10.1. The Morgan fingerprint density at radius 1 is 1.14 bits per heavy atom. The van der Waals surface area contributed by atoms with Crippen molar-refractivity contribution >= 4 is 0 Å². The van der Waals surface area contributed by atoms with Crippen LogP contribution in [0.1, 0.15) is 30.6 Å². The van der Waals surface area contributed by atoms with Crippen LogP contribution in [0.2, 0.25) is 0 Å². The van der Waals surface area contributed by atoms with E-state index in [2.05, 4.69) is 34.3 Å². The van der Waals surface area contributed by atoms with Crippen LogP contribution in [-0.4, -0.2) is 30.7 Å². The standard InChI is InChI=1S/C16H21N3O2/c1-4-10-17-14(12-8-6-5-7-9-12)15-16(21-3)19-13(20-2)11-18-15/h5-9,11,14,17H,4,10H2,1-3H3. The lowest BCUT2D eigenvalue weighted by Crippen LogP contribution is -2.25. The van der Waals surface area contributed by atoms with Crippen molar-refractivity contribution in [3.63, 3.8) is 0 Å². The lowest BCUT2D eigenvalue weighted by Gasteiger charge is -2.20. The Balaban J connectivity index is 2.41. The fourth-order valence-corrected chi connectivity index (χ4v) is 2.12. The molecule has 2 rings (SSSR count). The smallest absolute Gasteiger partial charge is 0.240 e. The number of ether oxygens (including phenoxy) is 2. The summed E-state index contributed by atoms with van der Waals surface area (Å²) in [7, 11) is 3.15. The fraction of sp³-hybridized carbons (Fsp3) is 0.375. The molecule has 0 aliphatic heterocycles. The zero-order valence-electron chi connectivity index (χ0n) is 12.7. The molecule has 1 N–H and O–H groups in total. The van der Waals surface area contributed by atoms with E-state index in [1.807, 2.05) is 18.2 Å². The number of benzene rings is 1. The van der Waals surface area contributed by atoms with Crippen molar-refractivity contribution in [1.82, 2.24) is 15.3 Å². The highest BCUT2D eigenvalue weighted by molar-refractivity contribution is 5.34. The van der Waals surface area contributed by atoms with Gasteiger partial charge in [0.05, 0.1) is 26.5 Å². The molecule has 2 aromatic rings. The van der Waals surface area contributed by atoms with Gasteiger partial charge in [-0.05, 0) is 18.5 Å². The molecule has 112 valence electrons. The van der Waals surface area contributed by atoms with Gasteiger partial charge in [-0.3, -0.25) is 0 Å². The molecular formula is C16H21N3O2. The average Bonchev–Trinajstić information content (AvgIpc) is 2.56. The molecule has 0 amide bonds. The van der Waals surface area contributed by atoms with Crippen LogP contribution < -0.4 is 14.8 Å². The topological polar surface area (TPSA) is 56.3 Å². The number of hydrogen-bond donors (Lipinski definition) is 1. The molecule has 0 saturated carbocycles. The van der Waals surface area contributed by atoms with E-state index < -0.39 is 0 Å². The van der Waals surface area contributed by atoms with Gasteiger partial charge >= 0.3 is 0 Å². The van der Waals surface area contributed by atoms with Gasteiger partial charge in [-0.25, -0.2) is 4.98 Å². The third kappa shape index (κ3) is 3.70. The third-order valence-corrected chi connectivity index (χ3v) is 3.15. The van der Waals surface area contributed by atoms with E-state index in [1.54, 1.807) is 20.4 Å². The molecule has 0 radical (unpaired) electrons. The van der Waals surface area contributed by atoms with Gasteiger partial charge in [0.2, 0.25) is 11.8 Å². The van der Waals surface area contributed by atoms with Crippen LogP contribution in [0.25, 0.3) is 0 Å². The second-order valence-electron chi connectivity index (χ2n) is 4.60. The number of hydrogen-bond acceptors (Lipinski definition) is 5. The molecule has 0 bridgehead atoms. The highest BCUT2D eigenvalue weighted by Gasteiger charge is 2.21. The van der Waals surface area contributed by atoms with Crippen LogP contribution in [0.3, 0.4) is 0 Å². The van der Waals surface area contributed by atoms with Crippen molar-refractivity contribution in [1.29, 1.82) is 0 Å². The molecule has 0 spiro atoms. The quantitative estimate of drug-likeness (QED) is 0.848. The first-order valence-electron chi connectivity index (χ1n) is 7.03. The Labute approximate surface area is 125 Å². The fourth-order valence-electron chi connectivity index (χ4n) is 2.12. The molecule has 0 aliphatic carbocycles. The van der Waals surface area contributed by atoms with Gasteiger partial charge < -0.3 is 14.8 Å². The van der Waals surface area contributed by atoms with Crippen molar-refractivity contribution in [3.05, 3.63) is 47.8 Å². The van der Waals surface area contributed by atoms with Gasteiger partial charge in [0.15, 0.2) is 0 Å².